The highest BCUT2D eigenvalue weighted by Gasteiger charge is 2.47. The van der Waals surface area contributed by atoms with E-state index in [1.807, 2.05) is 24.3 Å². The van der Waals surface area contributed by atoms with E-state index in [2.05, 4.69) is 13.8 Å². The molecule has 0 spiro atoms. The van der Waals surface area contributed by atoms with E-state index in [9.17, 15) is 24.8 Å². The van der Waals surface area contributed by atoms with Gasteiger partial charge in [0, 0.05) is 30.8 Å². The number of ether oxygens (including phenoxy) is 1. The van der Waals surface area contributed by atoms with Crippen LogP contribution in [-0.4, -0.2) is 45.9 Å². The number of ketones is 1. The molecule has 172 valence electrons. The Labute approximate surface area is 191 Å². The summed E-state index contributed by atoms with van der Waals surface area (Å²) in [6.45, 7) is 5.02. The predicted octanol–water partition coefficient (Wildman–Crippen LogP) is 4.32. The van der Waals surface area contributed by atoms with Gasteiger partial charge in [-0.15, -0.1) is 0 Å². The summed E-state index contributed by atoms with van der Waals surface area (Å²) >= 11 is 0. The van der Waals surface area contributed by atoms with Crippen molar-refractivity contribution in [3.8, 4) is 0 Å². The molecule has 0 bridgehead atoms. The highest BCUT2D eigenvalue weighted by molar-refractivity contribution is 6.46. The quantitative estimate of drug-likeness (QED) is 0.231. The third-order valence-corrected chi connectivity index (χ3v) is 6.23. The Morgan fingerprint density at radius 2 is 1.82 bits per heavy atom. The lowest BCUT2D eigenvalue weighted by atomic mass is 9.93. The van der Waals surface area contributed by atoms with Crippen molar-refractivity contribution in [1.29, 1.82) is 0 Å². The number of carbonyl (C=O) groups is 2. The Balaban J connectivity index is 1.79. The number of nitro groups is 1. The minimum atomic E-state index is -0.776. The number of benzene rings is 2. The van der Waals surface area contributed by atoms with Crippen LogP contribution >= 0.6 is 0 Å². The van der Waals surface area contributed by atoms with Gasteiger partial charge in [-0.25, -0.2) is 0 Å². The molecule has 1 amide bonds. The summed E-state index contributed by atoms with van der Waals surface area (Å²) in [5.74, 6) is -1.50. The van der Waals surface area contributed by atoms with E-state index in [0.717, 1.165) is 18.4 Å². The fraction of sp³-hybridized carbons (Fsp3) is 0.360. The van der Waals surface area contributed by atoms with E-state index < -0.39 is 22.7 Å². The number of carbonyl (C=O) groups excluding carboxylic acids is 2. The highest BCUT2D eigenvalue weighted by Crippen LogP contribution is 2.40. The monoisotopic (exact) mass is 450 g/mol. The molecule has 2 atom stereocenters. The third-order valence-electron chi connectivity index (χ3n) is 6.23. The first-order valence-corrected chi connectivity index (χ1v) is 11.0. The smallest absolute Gasteiger partial charge is 0.295 e. The van der Waals surface area contributed by atoms with E-state index in [4.69, 9.17) is 4.74 Å². The van der Waals surface area contributed by atoms with Crippen molar-refractivity contribution in [2.75, 3.05) is 13.2 Å². The molecule has 2 heterocycles. The Bertz CT molecular complexity index is 1100. The molecule has 2 fully saturated rings. The SMILES string of the molecule is CC(C)c1ccc(C2/C(=C(/O)c3ccc([N+](=O)[O-])cc3)C(=O)C(=O)N2CC2CCCO2)cc1. The minimum absolute atomic E-state index is 0.0239. The van der Waals surface area contributed by atoms with Crippen molar-refractivity contribution in [1.82, 2.24) is 4.90 Å². The van der Waals surface area contributed by atoms with Crippen LogP contribution in [-0.2, 0) is 14.3 Å². The van der Waals surface area contributed by atoms with E-state index >= 15 is 0 Å². The lowest BCUT2D eigenvalue weighted by Crippen LogP contribution is -2.36. The maximum atomic E-state index is 13.1. The molecule has 2 unspecified atom stereocenters. The maximum Gasteiger partial charge on any atom is 0.295 e. The van der Waals surface area contributed by atoms with Gasteiger partial charge in [-0.1, -0.05) is 38.1 Å². The predicted molar refractivity (Wildman–Crippen MR) is 122 cm³/mol. The van der Waals surface area contributed by atoms with Crippen LogP contribution in [0.2, 0.25) is 0 Å². The molecule has 4 rings (SSSR count). The zero-order valence-corrected chi connectivity index (χ0v) is 18.6. The first-order chi connectivity index (χ1) is 15.8. The fourth-order valence-corrected chi connectivity index (χ4v) is 4.38. The number of hydrogen-bond acceptors (Lipinski definition) is 6. The summed E-state index contributed by atoms with van der Waals surface area (Å²) in [6, 6.07) is 12.1. The van der Waals surface area contributed by atoms with Crippen LogP contribution in [0.15, 0.2) is 54.1 Å². The summed E-state index contributed by atoms with van der Waals surface area (Å²) in [6.07, 6.45) is 1.52. The zero-order valence-electron chi connectivity index (χ0n) is 18.6. The van der Waals surface area contributed by atoms with Gasteiger partial charge in [-0.05, 0) is 42.0 Å². The van der Waals surface area contributed by atoms with E-state index in [0.29, 0.717) is 18.1 Å². The van der Waals surface area contributed by atoms with Gasteiger partial charge in [0.15, 0.2) is 0 Å². The van der Waals surface area contributed by atoms with Gasteiger partial charge in [0.1, 0.15) is 5.76 Å². The molecule has 2 aromatic rings. The lowest BCUT2D eigenvalue weighted by Gasteiger charge is -2.27. The van der Waals surface area contributed by atoms with Gasteiger partial charge < -0.3 is 14.7 Å². The van der Waals surface area contributed by atoms with Crippen molar-refractivity contribution < 1.29 is 24.4 Å². The molecule has 33 heavy (non-hydrogen) atoms. The van der Waals surface area contributed by atoms with Crippen molar-refractivity contribution in [2.45, 2.75) is 44.8 Å². The van der Waals surface area contributed by atoms with Crippen molar-refractivity contribution in [3.05, 3.63) is 80.9 Å². The Kier molecular flexibility index (Phi) is 6.29. The number of aliphatic hydroxyl groups is 1. The van der Waals surface area contributed by atoms with Crippen LogP contribution < -0.4 is 0 Å². The number of likely N-dealkylation sites (tertiary alicyclic amines) is 1. The summed E-state index contributed by atoms with van der Waals surface area (Å²) in [5.41, 5.74) is 1.90. The average Bonchev–Trinajstić information content (AvgIpc) is 3.41. The number of hydrogen-bond donors (Lipinski definition) is 1. The molecule has 0 saturated carbocycles. The van der Waals surface area contributed by atoms with Crippen LogP contribution in [0, 0.1) is 10.1 Å². The van der Waals surface area contributed by atoms with Crippen LogP contribution in [0.5, 0.6) is 0 Å². The molecule has 8 heteroatoms. The van der Waals surface area contributed by atoms with Crippen LogP contribution in [0.3, 0.4) is 0 Å². The van der Waals surface area contributed by atoms with E-state index in [-0.39, 0.29) is 35.2 Å². The number of Topliss-reactive ketones (excluding diaryl/α,β-unsaturated/α-hetero) is 1. The van der Waals surface area contributed by atoms with E-state index in [1.165, 1.54) is 29.2 Å². The lowest BCUT2D eigenvalue weighted by molar-refractivity contribution is -0.384. The van der Waals surface area contributed by atoms with Gasteiger partial charge in [-0.3, -0.25) is 19.7 Å². The second-order valence-corrected chi connectivity index (χ2v) is 8.71. The molecule has 2 aliphatic heterocycles. The molecular weight excluding hydrogens is 424 g/mol. The molecule has 1 N–H and O–H groups in total. The first kappa shape index (κ1) is 22.7. The molecule has 2 aliphatic rings. The number of amides is 1. The molecule has 8 nitrogen and oxygen atoms in total. The summed E-state index contributed by atoms with van der Waals surface area (Å²) in [5, 5.41) is 22.0. The number of nitrogens with zero attached hydrogens (tertiary/aromatic N) is 2. The summed E-state index contributed by atoms with van der Waals surface area (Å²) in [4.78, 5) is 38.0. The normalized spacial score (nSPS) is 22.3. The Hall–Kier alpha value is -3.52. The second kappa shape index (κ2) is 9.15. The van der Waals surface area contributed by atoms with Crippen LogP contribution in [0.4, 0.5) is 5.69 Å². The van der Waals surface area contributed by atoms with Crippen LogP contribution in [0.25, 0.3) is 5.76 Å². The number of nitro benzene ring substituents is 1. The Morgan fingerprint density at radius 3 is 2.36 bits per heavy atom. The topological polar surface area (TPSA) is 110 Å². The highest BCUT2D eigenvalue weighted by atomic mass is 16.6. The molecule has 0 aliphatic carbocycles. The van der Waals surface area contributed by atoms with E-state index in [1.54, 1.807) is 0 Å². The van der Waals surface area contributed by atoms with Crippen molar-refractivity contribution >= 4 is 23.1 Å². The summed E-state index contributed by atoms with van der Waals surface area (Å²) in [7, 11) is 0. The number of aliphatic hydroxyl groups excluding tert-OH is 1. The first-order valence-electron chi connectivity index (χ1n) is 11.0. The molecule has 0 aromatic heterocycles. The van der Waals surface area contributed by atoms with Crippen LogP contribution in [0.1, 0.15) is 55.3 Å². The van der Waals surface area contributed by atoms with Crippen molar-refractivity contribution in [2.24, 2.45) is 0 Å². The standard InChI is InChI=1S/C25H26N2O6/c1-15(2)16-5-7-17(8-6-16)22-21(23(28)18-9-11-19(12-10-18)27(31)32)24(29)25(30)26(22)14-20-4-3-13-33-20/h5-12,15,20,22,28H,3-4,13-14H2,1-2H3/b23-21-. The summed E-state index contributed by atoms with van der Waals surface area (Å²) < 4.78 is 5.70. The fourth-order valence-electron chi connectivity index (χ4n) is 4.38. The van der Waals surface area contributed by atoms with Gasteiger partial charge in [0.05, 0.1) is 22.6 Å². The van der Waals surface area contributed by atoms with Gasteiger partial charge >= 0.3 is 0 Å². The average molecular weight is 450 g/mol. The molecule has 2 aromatic carbocycles. The molecular formula is C25H26N2O6. The second-order valence-electron chi connectivity index (χ2n) is 8.71. The van der Waals surface area contributed by atoms with Gasteiger partial charge in [0.2, 0.25) is 0 Å². The minimum Gasteiger partial charge on any atom is -0.507 e. The molecule has 2 saturated heterocycles. The number of non-ortho nitro benzene ring substituents is 1. The maximum absolute atomic E-state index is 13.1. The van der Waals surface area contributed by atoms with Gasteiger partial charge in [0.25, 0.3) is 17.4 Å². The van der Waals surface area contributed by atoms with Gasteiger partial charge in [-0.2, -0.15) is 0 Å². The van der Waals surface area contributed by atoms with Crippen molar-refractivity contribution in [3.63, 3.8) is 0 Å². The Morgan fingerprint density at radius 1 is 1.15 bits per heavy atom. The number of rotatable bonds is 6. The zero-order chi connectivity index (χ0) is 23.7. The largest absolute Gasteiger partial charge is 0.507 e. The third kappa shape index (κ3) is 4.39. The molecule has 0 radical (unpaired) electrons.